The number of guanidine groups is 1. The van der Waals surface area contributed by atoms with Gasteiger partial charge in [-0.3, -0.25) is 4.79 Å². The van der Waals surface area contributed by atoms with Crippen molar-refractivity contribution in [3.8, 4) is 0 Å². The molecule has 0 atom stereocenters. The van der Waals surface area contributed by atoms with Gasteiger partial charge in [-0.2, -0.15) is 4.99 Å². The van der Waals surface area contributed by atoms with Gasteiger partial charge in [0.2, 0.25) is 0 Å². The summed E-state index contributed by atoms with van der Waals surface area (Å²) in [7, 11) is 0. The van der Waals surface area contributed by atoms with Crippen molar-refractivity contribution in [1.29, 1.82) is 0 Å². The molecule has 0 unspecified atom stereocenters. The molecule has 1 amide bonds. The van der Waals surface area contributed by atoms with Crippen molar-refractivity contribution in [2.75, 3.05) is 0 Å². The van der Waals surface area contributed by atoms with Gasteiger partial charge in [-0.15, -0.1) is 12.4 Å². The molecule has 0 bridgehead atoms. The van der Waals surface area contributed by atoms with Gasteiger partial charge in [-0.1, -0.05) is 40.7 Å². The fourth-order valence-corrected chi connectivity index (χ4v) is 2.21. The Kier molecular flexibility index (Phi) is 6.91. The molecule has 0 heterocycles. The molecule has 0 spiro atoms. The van der Waals surface area contributed by atoms with Gasteiger partial charge in [-0.25, -0.2) is 0 Å². The van der Waals surface area contributed by atoms with Crippen LogP contribution in [0.3, 0.4) is 0 Å². The monoisotopic (exact) mass is 311 g/mol. The third-order valence-electron chi connectivity index (χ3n) is 3.02. The van der Waals surface area contributed by atoms with Crippen LogP contribution in [-0.4, -0.2) is 11.9 Å². The van der Waals surface area contributed by atoms with Crippen LogP contribution in [0.1, 0.15) is 56.1 Å². The van der Waals surface area contributed by atoms with Crippen molar-refractivity contribution in [3.63, 3.8) is 0 Å². The zero-order chi connectivity index (χ0) is 15.5. The molecule has 5 heteroatoms. The zero-order valence-electron chi connectivity index (χ0n) is 13.4. The molecule has 21 heavy (non-hydrogen) atoms. The normalized spacial score (nSPS) is 11.0. The maximum Gasteiger partial charge on any atom is 0.280 e. The molecule has 1 rings (SSSR count). The molecule has 0 aliphatic carbocycles. The summed E-state index contributed by atoms with van der Waals surface area (Å²) in [6.45, 7) is 10.8. The molecule has 4 N–H and O–H groups in total. The topological polar surface area (TPSA) is 81.5 Å². The van der Waals surface area contributed by atoms with E-state index in [1.54, 1.807) is 6.07 Å². The molecule has 0 fully saturated rings. The fourth-order valence-electron chi connectivity index (χ4n) is 2.21. The fraction of sp³-hybridized carbons (Fsp3) is 0.500. The van der Waals surface area contributed by atoms with Crippen molar-refractivity contribution >= 4 is 24.3 Å². The number of amides is 1. The maximum atomic E-state index is 11.9. The molecule has 0 saturated heterocycles. The number of hydrogen-bond donors (Lipinski definition) is 2. The second kappa shape index (κ2) is 7.46. The Morgan fingerprint density at radius 1 is 1.24 bits per heavy atom. The maximum absolute atomic E-state index is 11.9. The highest BCUT2D eigenvalue weighted by Gasteiger charge is 2.20. The van der Waals surface area contributed by atoms with Crippen LogP contribution in [0.25, 0.3) is 0 Å². The first-order chi connectivity index (χ1) is 9.11. The van der Waals surface area contributed by atoms with E-state index in [1.165, 1.54) is 11.1 Å². The molecular weight excluding hydrogens is 286 g/mol. The quantitative estimate of drug-likeness (QED) is 0.665. The number of rotatable bonds is 3. The molecule has 118 valence electrons. The lowest BCUT2D eigenvalue weighted by Gasteiger charge is -2.24. The van der Waals surface area contributed by atoms with Gasteiger partial charge >= 0.3 is 0 Å². The van der Waals surface area contributed by atoms with Gasteiger partial charge in [0.25, 0.3) is 5.91 Å². The summed E-state index contributed by atoms with van der Waals surface area (Å²) >= 11 is 0. The average Bonchev–Trinajstić information content (AvgIpc) is 2.26. The second-order valence-corrected chi connectivity index (χ2v) is 6.56. The van der Waals surface area contributed by atoms with Crippen molar-refractivity contribution in [2.24, 2.45) is 22.4 Å². The summed E-state index contributed by atoms with van der Waals surface area (Å²) in [6.07, 6.45) is 0.989. The van der Waals surface area contributed by atoms with Crippen molar-refractivity contribution in [2.45, 2.75) is 46.5 Å². The van der Waals surface area contributed by atoms with E-state index in [4.69, 9.17) is 11.5 Å². The Hall–Kier alpha value is -1.55. The minimum absolute atomic E-state index is 0. The molecule has 4 nitrogen and oxygen atoms in total. The Morgan fingerprint density at radius 3 is 2.24 bits per heavy atom. The van der Waals surface area contributed by atoms with E-state index in [-0.39, 0.29) is 23.8 Å². The molecule has 1 aromatic rings. The summed E-state index contributed by atoms with van der Waals surface area (Å²) in [4.78, 5) is 15.5. The van der Waals surface area contributed by atoms with Gasteiger partial charge in [0.05, 0.1) is 0 Å². The van der Waals surface area contributed by atoms with Crippen LogP contribution in [0.5, 0.6) is 0 Å². The van der Waals surface area contributed by atoms with Crippen LogP contribution in [0.2, 0.25) is 0 Å². The summed E-state index contributed by atoms with van der Waals surface area (Å²) in [5.41, 5.74) is 13.5. The van der Waals surface area contributed by atoms with E-state index in [9.17, 15) is 4.79 Å². The Morgan fingerprint density at radius 2 is 1.81 bits per heavy atom. The lowest BCUT2D eigenvalue weighted by molar-refractivity contribution is 0.100. The lowest BCUT2D eigenvalue weighted by Crippen LogP contribution is -2.24. The number of carbonyl (C=O) groups excluding carboxylic acids is 1. The molecule has 0 aromatic heterocycles. The highest BCUT2D eigenvalue weighted by atomic mass is 35.5. The third-order valence-corrected chi connectivity index (χ3v) is 3.02. The van der Waals surface area contributed by atoms with Crippen LogP contribution in [0.4, 0.5) is 0 Å². The van der Waals surface area contributed by atoms with E-state index in [1.807, 2.05) is 12.1 Å². The van der Waals surface area contributed by atoms with Crippen molar-refractivity contribution in [3.05, 3.63) is 34.9 Å². The van der Waals surface area contributed by atoms with E-state index >= 15 is 0 Å². The summed E-state index contributed by atoms with van der Waals surface area (Å²) in [6, 6.07) is 5.71. The first-order valence-corrected chi connectivity index (χ1v) is 6.88. The van der Waals surface area contributed by atoms with Gasteiger partial charge in [0.15, 0.2) is 5.96 Å². The van der Waals surface area contributed by atoms with Crippen molar-refractivity contribution < 1.29 is 4.79 Å². The van der Waals surface area contributed by atoms with E-state index < -0.39 is 5.91 Å². The second-order valence-electron chi connectivity index (χ2n) is 6.56. The smallest absolute Gasteiger partial charge is 0.280 e. The lowest BCUT2D eigenvalue weighted by atomic mass is 9.81. The van der Waals surface area contributed by atoms with Gasteiger partial charge < -0.3 is 11.5 Å². The van der Waals surface area contributed by atoms with Crippen LogP contribution < -0.4 is 11.5 Å². The number of halogens is 1. The average molecular weight is 312 g/mol. The summed E-state index contributed by atoms with van der Waals surface area (Å²) in [5.74, 6) is -0.0412. The molecular formula is C16H26ClN3O. The first kappa shape index (κ1) is 19.4. The number of benzene rings is 1. The first-order valence-electron chi connectivity index (χ1n) is 6.88. The summed E-state index contributed by atoms with van der Waals surface area (Å²) in [5, 5.41) is 0. The molecule has 0 aliphatic rings. The third kappa shape index (κ3) is 5.76. The standard InChI is InChI=1S/C16H25N3O.ClH/c1-10(2)8-11-6-7-12(14(20)19-15(17)18)9-13(11)16(3,4)5;/h6-7,9-10H,8H2,1-5H3,(H4,17,18,19,20);1H. The number of aliphatic imine (C=N–C) groups is 1. The molecule has 1 aromatic carbocycles. The van der Waals surface area contributed by atoms with Crippen LogP contribution in [-0.2, 0) is 11.8 Å². The Balaban J connectivity index is 0.00000400. The van der Waals surface area contributed by atoms with E-state index in [0.29, 0.717) is 11.5 Å². The predicted octanol–water partition coefficient (Wildman–Crippen LogP) is 3.02. The van der Waals surface area contributed by atoms with Crippen LogP contribution in [0, 0.1) is 5.92 Å². The largest absolute Gasteiger partial charge is 0.370 e. The molecule has 0 radical (unpaired) electrons. The molecule has 0 saturated carbocycles. The van der Waals surface area contributed by atoms with E-state index in [0.717, 1.165) is 6.42 Å². The highest BCUT2D eigenvalue weighted by Crippen LogP contribution is 2.28. The van der Waals surface area contributed by atoms with E-state index in [2.05, 4.69) is 39.6 Å². The highest BCUT2D eigenvalue weighted by molar-refractivity contribution is 6.02. The Bertz CT molecular complexity index is 527. The molecule has 0 aliphatic heterocycles. The van der Waals surface area contributed by atoms with Gasteiger partial charge in [0, 0.05) is 5.56 Å². The van der Waals surface area contributed by atoms with Crippen LogP contribution in [0.15, 0.2) is 23.2 Å². The number of nitrogens with zero attached hydrogens (tertiary/aromatic N) is 1. The van der Waals surface area contributed by atoms with Crippen LogP contribution >= 0.6 is 12.4 Å². The minimum atomic E-state index is -0.397. The number of nitrogens with two attached hydrogens (primary N) is 2. The predicted molar refractivity (Wildman–Crippen MR) is 91.1 cm³/mol. The minimum Gasteiger partial charge on any atom is -0.370 e. The van der Waals surface area contributed by atoms with Gasteiger partial charge in [0.1, 0.15) is 0 Å². The Labute approximate surface area is 133 Å². The van der Waals surface area contributed by atoms with Crippen molar-refractivity contribution in [1.82, 2.24) is 0 Å². The summed E-state index contributed by atoms with van der Waals surface area (Å²) < 4.78 is 0. The van der Waals surface area contributed by atoms with Gasteiger partial charge in [-0.05, 0) is 41.0 Å². The number of hydrogen-bond acceptors (Lipinski definition) is 1. The SMILES string of the molecule is CC(C)Cc1ccc(C(=O)N=C(N)N)cc1C(C)(C)C.Cl. The number of carbonyl (C=O) groups is 1. The zero-order valence-corrected chi connectivity index (χ0v) is 14.3.